The number of benzene rings is 2. The first kappa shape index (κ1) is 15.8. The molecule has 3 aromatic rings. The molecular weight excluding hydrogens is 345 g/mol. The predicted molar refractivity (Wildman–Crippen MR) is 86.9 cm³/mol. The lowest BCUT2D eigenvalue weighted by molar-refractivity contribution is 0.509. The van der Waals surface area contributed by atoms with Gasteiger partial charge in [0.2, 0.25) is 0 Å². The third-order valence-electron chi connectivity index (χ3n) is 3.16. The molecule has 0 spiro atoms. The van der Waals surface area contributed by atoms with Gasteiger partial charge in [0.15, 0.2) is 16.8 Å². The molecule has 0 aliphatic rings. The van der Waals surface area contributed by atoms with E-state index in [2.05, 4.69) is 10.3 Å². The van der Waals surface area contributed by atoms with Gasteiger partial charge in [-0.1, -0.05) is 11.6 Å². The van der Waals surface area contributed by atoms with Crippen LogP contribution in [0.1, 0.15) is 4.88 Å². The molecule has 2 aromatic carbocycles. The topological polar surface area (TPSA) is 24.9 Å². The lowest BCUT2D eigenvalue weighted by Crippen LogP contribution is -1.91. The summed E-state index contributed by atoms with van der Waals surface area (Å²) < 4.78 is 39.6. The van der Waals surface area contributed by atoms with E-state index >= 15 is 0 Å². The van der Waals surface area contributed by atoms with Crippen molar-refractivity contribution in [3.63, 3.8) is 0 Å². The maximum atomic E-state index is 13.4. The van der Waals surface area contributed by atoms with Gasteiger partial charge >= 0.3 is 0 Å². The fraction of sp³-hybridized carbons (Fsp3) is 0.0625. The molecule has 3 rings (SSSR count). The summed E-state index contributed by atoms with van der Waals surface area (Å²) in [5, 5.41) is 3.57. The second-order valence-corrected chi connectivity index (χ2v) is 6.42. The number of nitrogens with zero attached hydrogens (tertiary/aromatic N) is 1. The number of aryl methyl sites for hydroxylation is 1. The zero-order chi connectivity index (χ0) is 16.6. The van der Waals surface area contributed by atoms with Gasteiger partial charge in [-0.25, -0.2) is 18.2 Å². The molecule has 1 aromatic heterocycles. The van der Waals surface area contributed by atoms with Gasteiger partial charge in [0.25, 0.3) is 0 Å². The zero-order valence-corrected chi connectivity index (χ0v) is 13.4. The van der Waals surface area contributed by atoms with Crippen molar-refractivity contribution in [3.05, 3.63) is 63.7 Å². The molecule has 0 fully saturated rings. The number of aromatic nitrogens is 1. The van der Waals surface area contributed by atoms with Crippen molar-refractivity contribution >= 4 is 33.8 Å². The summed E-state index contributed by atoms with van der Waals surface area (Å²) >= 11 is 7.08. The Labute approximate surface area is 139 Å². The Balaban J connectivity index is 1.91. The first-order chi connectivity index (χ1) is 10.9. The van der Waals surface area contributed by atoms with Gasteiger partial charge in [0.05, 0.1) is 10.7 Å². The van der Waals surface area contributed by atoms with Crippen molar-refractivity contribution in [3.8, 4) is 11.3 Å². The monoisotopic (exact) mass is 354 g/mol. The van der Waals surface area contributed by atoms with Crippen LogP contribution in [0, 0.1) is 24.4 Å². The summed E-state index contributed by atoms with van der Waals surface area (Å²) in [5.74, 6) is -2.33. The van der Waals surface area contributed by atoms with Gasteiger partial charge < -0.3 is 5.32 Å². The molecule has 0 saturated carbocycles. The van der Waals surface area contributed by atoms with Crippen LogP contribution in [-0.2, 0) is 0 Å². The average Bonchev–Trinajstić information content (AvgIpc) is 2.86. The van der Waals surface area contributed by atoms with Crippen LogP contribution in [0.4, 0.5) is 24.0 Å². The molecule has 7 heteroatoms. The van der Waals surface area contributed by atoms with Crippen molar-refractivity contribution in [1.29, 1.82) is 0 Å². The van der Waals surface area contributed by atoms with Crippen LogP contribution in [0.3, 0.4) is 0 Å². The van der Waals surface area contributed by atoms with E-state index in [1.54, 1.807) is 0 Å². The quantitative estimate of drug-likeness (QED) is 0.630. The highest BCUT2D eigenvalue weighted by molar-refractivity contribution is 7.16. The Morgan fingerprint density at radius 1 is 1.00 bits per heavy atom. The number of nitrogens with one attached hydrogen (secondary N) is 1. The van der Waals surface area contributed by atoms with E-state index in [9.17, 15) is 13.2 Å². The second kappa shape index (κ2) is 6.22. The van der Waals surface area contributed by atoms with E-state index < -0.39 is 17.5 Å². The second-order valence-electron chi connectivity index (χ2n) is 4.81. The van der Waals surface area contributed by atoms with Crippen molar-refractivity contribution < 1.29 is 13.2 Å². The van der Waals surface area contributed by atoms with E-state index in [-0.39, 0.29) is 5.02 Å². The SMILES string of the molecule is Cc1sc(Nc2ccc(F)c(Cl)c2)nc1-c1ccc(F)c(F)c1. The summed E-state index contributed by atoms with van der Waals surface area (Å²) in [6.45, 7) is 1.83. The largest absolute Gasteiger partial charge is 0.331 e. The lowest BCUT2D eigenvalue weighted by Gasteiger charge is -2.03. The predicted octanol–water partition coefficient (Wildman–Crippen LogP) is 5.93. The van der Waals surface area contributed by atoms with Crippen LogP contribution in [0.2, 0.25) is 5.02 Å². The molecule has 118 valence electrons. The summed E-state index contributed by atoms with van der Waals surface area (Å²) in [5.41, 5.74) is 1.63. The van der Waals surface area contributed by atoms with Crippen molar-refractivity contribution in [2.45, 2.75) is 6.92 Å². The highest BCUT2D eigenvalue weighted by Gasteiger charge is 2.13. The van der Waals surface area contributed by atoms with Crippen LogP contribution >= 0.6 is 22.9 Å². The Morgan fingerprint density at radius 2 is 1.74 bits per heavy atom. The van der Waals surface area contributed by atoms with Gasteiger partial charge in [0.1, 0.15) is 5.82 Å². The number of hydrogen-bond donors (Lipinski definition) is 1. The fourth-order valence-electron chi connectivity index (χ4n) is 2.06. The minimum absolute atomic E-state index is 0.00380. The molecule has 23 heavy (non-hydrogen) atoms. The molecule has 0 radical (unpaired) electrons. The lowest BCUT2D eigenvalue weighted by atomic mass is 10.1. The molecule has 0 bridgehead atoms. The fourth-order valence-corrected chi connectivity index (χ4v) is 3.10. The number of hydrogen-bond acceptors (Lipinski definition) is 3. The molecule has 1 N–H and O–H groups in total. The Hall–Kier alpha value is -2.05. The Morgan fingerprint density at radius 3 is 2.43 bits per heavy atom. The van der Waals surface area contributed by atoms with Gasteiger partial charge in [-0.2, -0.15) is 0 Å². The number of halogens is 4. The molecule has 0 aliphatic heterocycles. The first-order valence-corrected chi connectivity index (χ1v) is 7.78. The minimum Gasteiger partial charge on any atom is -0.331 e. The summed E-state index contributed by atoms with van der Waals surface area (Å²) in [6, 6.07) is 7.88. The summed E-state index contributed by atoms with van der Waals surface area (Å²) in [6.07, 6.45) is 0. The number of anilines is 2. The Bertz CT molecular complexity index is 880. The number of thiazole rings is 1. The first-order valence-electron chi connectivity index (χ1n) is 6.59. The number of rotatable bonds is 3. The molecule has 0 amide bonds. The van der Waals surface area contributed by atoms with E-state index in [1.807, 2.05) is 6.92 Å². The molecule has 0 saturated heterocycles. The van der Waals surface area contributed by atoms with Crippen molar-refractivity contribution in [2.75, 3.05) is 5.32 Å². The standard InChI is InChI=1S/C16H10ClF3N2S/c1-8-15(9-2-4-13(19)14(20)6-9)22-16(23-8)21-10-3-5-12(18)11(17)7-10/h2-7H,1H3,(H,21,22). The van der Waals surface area contributed by atoms with E-state index in [0.717, 1.165) is 17.0 Å². The van der Waals surface area contributed by atoms with Crippen molar-refractivity contribution in [1.82, 2.24) is 4.98 Å². The van der Waals surface area contributed by atoms with Crippen LogP contribution in [0.5, 0.6) is 0 Å². The van der Waals surface area contributed by atoms with Crippen LogP contribution < -0.4 is 5.32 Å². The van der Waals surface area contributed by atoms with Gasteiger partial charge in [-0.15, -0.1) is 11.3 Å². The van der Waals surface area contributed by atoms with Gasteiger partial charge in [-0.05, 0) is 43.3 Å². The highest BCUT2D eigenvalue weighted by Crippen LogP contribution is 2.33. The molecule has 0 unspecified atom stereocenters. The van der Waals surface area contributed by atoms with Gasteiger partial charge in [0, 0.05) is 16.1 Å². The third-order valence-corrected chi connectivity index (χ3v) is 4.34. The van der Waals surface area contributed by atoms with Crippen molar-refractivity contribution in [2.24, 2.45) is 0 Å². The molecule has 2 nitrogen and oxygen atoms in total. The molecular formula is C16H10ClF3N2S. The maximum absolute atomic E-state index is 13.4. The molecule has 0 atom stereocenters. The van der Waals surface area contributed by atoms with E-state index in [1.165, 1.54) is 35.6 Å². The Kier molecular flexibility index (Phi) is 4.28. The summed E-state index contributed by atoms with van der Waals surface area (Å²) in [4.78, 5) is 5.22. The van der Waals surface area contributed by atoms with Crippen LogP contribution in [0.15, 0.2) is 36.4 Å². The van der Waals surface area contributed by atoms with Crippen LogP contribution in [0.25, 0.3) is 11.3 Å². The highest BCUT2D eigenvalue weighted by atomic mass is 35.5. The van der Waals surface area contributed by atoms with Crippen LogP contribution in [-0.4, -0.2) is 4.98 Å². The van der Waals surface area contributed by atoms with E-state index in [4.69, 9.17) is 11.6 Å². The normalized spacial score (nSPS) is 10.8. The zero-order valence-electron chi connectivity index (χ0n) is 11.8. The molecule has 0 aliphatic carbocycles. The third kappa shape index (κ3) is 3.33. The minimum atomic E-state index is -0.922. The average molecular weight is 355 g/mol. The smallest absolute Gasteiger partial charge is 0.187 e. The molecule has 1 heterocycles. The summed E-state index contributed by atoms with van der Waals surface area (Å²) in [7, 11) is 0. The van der Waals surface area contributed by atoms with Gasteiger partial charge in [-0.3, -0.25) is 0 Å². The maximum Gasteiger partial charge on any atom is 0.187 e. The van der Waals surface area contributed by atoms with E-state index in [0.29, 0.717) is 22.1 Å².